The molecule has 0 bridgehead atoms. The molecule has 29 heavy (non-hydrogen) atoms. The molecule has 144 valence electrons. The van der Waals surface area contributed by atoms with Crippen LogP contribution in [0.5, 0.6) is 0 Å². The lowest BCUT2D eigenvalue weighted by molar-refractivity contribution is 0.141. The molecule has 0 saturated carbocycles. The summed E-state index contributed by atoms with van der Waals surface area (Å²) in [6.07, 6.45) is 1.35. The fourth-order valence-corrected chi connectivity index (χ4v) is 4.38. The molecule has 4 aromatic rings. The molecule has 0 unspecified atom stereocenters. The fourth-order valence-electron chi connectivity index (χ4n) is 3.79. The van der Waals surface area contributed by atoms with Crippen LogP contribution in [0, 0.1) is 18.3 Å². The molecule has 5 rings (SSSR count). The third-order valence-corrected chi connectivity index (χ3v) is 5.92. The zero-order valence-corrected chi connectivity index (χ0v) is 17.6. The molecule has 1 aliphatic rings. The van der Waals surface area contributed by atoms with Crippen LogP contribution in [0.1, 0.15) is 11.3 Å². The largest absolute Gasteiger partial charge is 0.389 e. The van der Waals surface area contributed by atoms with Gasteiger partial charge in [-0.15, -0.1) is 0 Å². The van der Waals surface area contributed by atoms with Crippen molar-refractivity contribution in [2.45, 2.75) is 13.0 Å². The predicted molar refractivity (Wildman–Crippen MR) is 114 cm³/mol. The number of hydrogen-bond acceptors (Lipinski definition) is 6. The van der Waals surface area contributed by atoms with E-state index in [0.717, 1.165) is 33.5 Å². The number of nitrogens with zero attached hydrogens (tertiary/aromatic N) is 6. The van der Waals surface area contributed by atoms with Gasteiger partial charge >= 0.3 is 0 Å². The number of hydrogen-bond donors (Lipinski definition) is 1. The third kappa shape index (κ3) is 2.77. The number of rotatable bonds is 2. The Labute approximate surface area is 179 Å². The molecule has 1 fully saturated rings. The second-order valence-corrected chi connectivity index (χ2v) is 8.18. The molecule has 9 heteroatoms. The number of halogens is 2. The second kappa shape index (κ2) is 6.66. The molecule has 0 radical (unpaired) electrons. The highest BCUT2D eigenvalue weighted by atomic mass is 79.9. The SMILES string of the molecule is Cc1nc2c(C#N)c(Br)nn2c(N2CC(O)C2)c1-c1ccnc2cc(Cl)ccc12. The summed E-state index contributed by atoms with van der Waals surface area (Å²) in [6.45, 7) is 2.89. The first-order chi connectivity index (χ1) is 14.0. The zero-order chi connectivity index (χ0) is 20.3. The molecule has 1 N–H and O–H groups in total. The second-order valence-electron chi connectivity index (χ2n) is 6.99. The average Bonchev–Trinajstić information content (AvgIpc) is 2.98. The first-order valence-corrected chi connectivity index (χ1v) is 10.1. The minimum Gasteiger partial charge on any atom is -0.389 e. The van der Waals surface area contributed by atoms with Crippen LogP contribution in [-0.4, -0.2) is 43.9 Å². The molecule has 1 saturated heterocycles. The summed E-state index contributed by atoms with van der Waals surface area (Å²) >= 11 is 9.52. The number of aryl methyl sites for hydroxylation is 1. The third-order valence-electron chi connectivity index (χ3n) is 5.13. The summed E-state index contributed by atoms with van der Waals surface area (Å²) in [7, 11) is 0. The monoisotopic (exact) mass is 468 g/mol. The van der Waals surface area contributed by atoms with E-state index in [1.54, 1.807) is 10.7 Å². The van der Waals surface area contributed by atoms with E-state index in [-0.39, 0.29) is 0 Å². The Bertz CT molecular complexity index is 1340. The van der Waals surface area contributed by atoms with Crippen LogP contribution in [0.2, 0.25) is 5.02 Å². The number of anilines is 1. The average molecular weight is 470 g/mol. The van der Waals surface area contributed by atoms with Crippen molar-refractivity contribution in [1.29, 1.82) is 5.26 Å². The van der Waals surface area contributed by atoms with E-state index < -0.39 is 6.10 Å². The van der Waals surface area contributed by atoms with Crippen molar-refractivity contribution >= 4 is 49.9 Å². The predicted octanol–water partition coefficient (Wildman–Crippen LogP) is 3.72. The van der Waals surface area contributed by atoms with Crippen molar-refractivity contribution in [1.82, 2.24) is 19.6 Å². The first-order valence-electron chi connectivity index (χ1n) is 8.94. The van der Waals surface area contributed by atoms with Gasteiger partial charge in [0.1, 0.15) is 22.1 Å². The van der Waals surface area contributed by atoms with Gasteiger partial charge < -0.3 is 10.0 Å². The van der Waals surface area contributed by atoms with Gasteiger partial charge in [0.05, 0.1) is 17.3 Å². The molecule has 0 atom stereocenters. The van der Waals surface area contributed by atoms with Gasteiger partial charge in [-0.3, -0.25) is 4.98 Å². The van der Waals surface area contributed by atoms with E-state index in [4.69, 9.17) is 16.6 Å². The van der Waals surface area contributed by atoms with Gasteiger partial charge in [-0.1, -0.05) is 17.7 Å². The van der Waals surface area contributed by atoms with E-state index in [9.17, 15) is 10.4 Å². The highest BCUT2D eigenvalue weighted by molar-refractivity contribution is 9.10. The molecular formula is C20H14BrClN6O. The van der Waals surface area contributed by atoms with Gasteiger partial charge in [0.25, 0.3) is 0 Å². The van der Waals surface area contributed by atoms with Crippen molar-refractivity contribution in [3.63, 3.8) is 0 Å². The molecule has 0 spiro atoms. The summed E-state index contributed by atoms with van der Waals surface area (Å²) in [5, 5.41) is 25.5. The van der Waals surface area contributed by atoms with E-state index in [2.05, 4.69) is 32.1 Å². The van der Waals surface area contributed by atoms with E-state index in [1.165, 1.54) is 0 Å². The number of nitriles is 1. The number of aliphatic hydroxyl groups excluding tert-OH is 1. The Morgan fingerprint density at radius 3 is 2.83 bits per heavy atom. The molecule has 3 aromatic heterocycles. The highest BCUT2D eigenvalue weighted by Gasteiger charge is 2.32. The van der Waals surface area contributed by atoms with Crippen molar-refractivity contribution < 1.29 is 5.11 Å². The van der Waals surface area contributed by atoms with Crippen LogP contribution in [0.15, 0.2) is 35.1 Å². The Kier molecular flexibility index (Phi) is 4.21. The number of aliphatic hydroxyl groups is 1. The van der Waals surface area contributed by atoms with Gasteiger partial charge in [0.2, 0.25) is 0 Å². The Balaban J connectivity index is 1.88. The van der Waals surface area contributed by atoms with Crippen LogP contribution in [0.25, 0.3) is 27.7 Å². The Morgan fingerprint density at radius 1 is 1.31 bits per heavy atom. The van der Waals surface area contributed by atoms with Gasteiger partial charge in [0, 0.05) is 35.3 Å². The Morgan fingerprint density at radius 2 is 2.10 bits per heavy atom. The van der Waals surface area contributed by atoms with Gasteiger partial charge in [0.15, 0.2) is 5.65 Å². The van der Waals surface area contributed by atoms with Crippen LogP contribution >= 0.6 is 27.5 Å². The summed E-state index contributed by atoms with van der Waals surface area (Å²) in [5.41, 5.74) is 4.24. The molecule has 0 amide bonds. The maximum Gasteiger partial charge on any atom is 0.176 e. The maximum atomic E-state index is 9.92. The number of fused-ring (bicyclic) bond motifs is 2. The van der Waals surface area contributed by atoms with Crippen molar-refractivity contribution in [2.75, 3.05) is 18.0 Å². The minimum absolute atomic E-state index is 0.383. The van der Waals surface area contributed by atoms with Crippen LogP contribution in [0.4, 0.5) is 5.82 Å². The van der Waals surface area contributed by atoms with Gasteiger partial charge in [-0.25, -0.2) is 4.98 Å². The normalized spacial score (nSPS) is 14.4. The summed E-state index contributed by atoms with van der Waals surface area (Å²) in [4.78, 5) is 11.2. The number of aromatic nitrogens is 4. The molecule has 1 aromatic carbocycles. The van der Waals surface area contributed by atoms with Gasteiger partial charge in [-0.05, 0) is 46.6 Å². The van der Waals surface area contributed by atoms with Gasteiger partial charge in [-0.2, -0.15) is 14.9 Å². The number of pyridine rings is 1. The highest BCUT2D eigenvalue weighted by Crippen LogP contribution is 2.40. The fraction of sp³-hybridized carbons (Fsp3) is 0.200. The topological polar surface area (TPSA) is 90.3 Å². The van der Waals surface area contributed by atoms with Crippen LogP contribution in [0.3, 0.4) is 0 Å². The summed E-state index contributed by atoms with van der Waals surface area (Å²) in [6, 6.07) is 9.71. The molecule has 4 heterocycles. The van der Waals surface area contributed by atoms with E-state index in [0.29, 0.717) is 33.9 Å². The smallest absolute Gasteiger partial charge is 0.176 e. The van der Waals surface area contributed by atoms with Crippen molar-refractivity contribution in [3.8, 4) is 17.2 Å². The maximum absolute atomic E-state index is 9.92. The lowest BCUT2D eigenvalue weighted by atomic mass is 9.98. The zero-order valence-electron chi connectivity index (χ0n) is 15.3. The van der Waals surface area contributed by atoms with E-state index in [1.807, 2.05) is 36.1 Å². The number of β-amino-alcohol motifs (C(OH)–C–C–N with tert-alkyl or cyclic N) is 1. The summed E-state index contributed by atoms with van der Waals surface area (Å²) < 4.78 is 2.12. The lowest BCUT2D eigenvalue weighted by Crippen LogP contribution is -2.51. The number of benzene rings is 1. The van der Waals surface area contributed by atoms with Crippen molar-refractivity contribution in [3.05, 3.63) is 51.3 Å². The Hall–Kier alpha value is -2.73. The minimum atomic E-state index is -0.395. The standard InChI is InChI=1S/C20H14BrClN6O/c1-10-17(14-4-5-24-16-6-11(22)2-3-13(14)16)20(27-8-12(29)9-27)28-19(25-10)15(7-23)18(21)26-28/h2-6,12,29H,8-9H2,1H3. The van der Waals surface area contributed by atoms with Crippen LogP contribution < -0.4 is 4.90 Å². The molecular weight excluding hydrogens is 456 g/mol. The molecule has 7 nitrogen and oxygen atoms in total. The van der Waals surface area contributed by atoms with E-state index >= 15 is 0 Å². The van der Waals surface area contributed by atoms with Crippen LogP contribution in [-0.2, 0) is 0 Å². The molecule has 0 aliphatic carbocycles. The lowest BCUT2D eigenvalue weighted by Gasteiger charge is -2.39. The summed E-state index contributed by atoms with van der Waals surface area (Å²) in [5.74, 6) is 0.794. The first kappa shape index (κ1) is 18.3. The molecule has 1 aliphatic heterocycles. The quantitative estimate of drug-likeness (QED) is 0.481. The van der Waals surface area contributed by atoms with Crippen molar-refractivity contribution in [2.24, 2.45) is 0 Å².